The molecule has 5 nitrogen and oxygen atoms in total. The minimum atomic E-state index is -1.99. The largest absolute Gasteiger partial charge is 0.479 e. The Morgan fingerprint density at radius 1 is 1.50 bits per heavy atom. The van der Waals surface area contributed by atoms with Crippen LogP contribution in [0.15, 0.2) is 0 Å². The van der Waals surface area contributed by atoms with Crippen LogP contribution in [0.25, 0.3) is 0 Å². The van der Waals surface area contributed by atoms with Crippen LogP contribution < -0.4 is 0 Å². The first-order chi connectivity index (χ1) is 5.46. The Morgan fingerprint density at radius 3 is 2.25 bits per heavy atom. The number of carbonyl (C=O) groups is 2. The van der Waals surface area contributed by atoms with Gasteiger partial charge in [0.15, 0.2) is 5.60 Å². The van der Waals surface area contributed by atoms with E-state index in [1.807, 2.05) is 0 Å². The lowest BCUT2D eigenvalue weighted by Gasteiger charge is -2.19. The zero-order valence-electron chi connectivity index (χ0n) is 7.03. The van der Waals surface area contributed by atoms with Gasteiger partial charge in [-0.25, -0.2) is 4.79 Å². The number of aliphatic carboxylic acids is 1. The summed E-state index contributed by atoms with van der Waals surface area (Å²) in [6.45, 7) is 1.48. The number of carboxylic acids is 1. The Hall–Kier alpha value is -1.10. The number of carbonyl (C=O) groups excluding carboxylic acids is 1. The predicted octanol–water partition coefficient (Wildman–Crippen LogP) is -0.225. The normalized spacial score (nSPS) is 14.9. The molecule has 0 rings (SSSR count). The number of carboxylic acid groups (broad SMARTS) is 1. The maximum Gasteiger partial charge on any atom is 0.336 e. The van der Waals surface area contributed by atoms with E-state index in [1.54, 1.807) is 0 Å². The van der Waals surface area contributed by atoms with E-state index < -0.39 is 24.0 Å². The fourth-order valence-corrected chi connectivity index (χ4v) is 0.663. The molecule has 0 amide bonds. The summed E-state index contributed by atoms with van der Waals surface area (Å²) in [5.41, 5.74) is -1.99. The highest BCUT2D eigenvalue weighted by Gasteiger charge is 2.36. The Balaban J connectivity index is 4.34. The molecule has 0 radical (unpaired) electrons. The van der Waals surface area contributed by atoms with Crippen molar-refractivity contribution < 1.29 is 24.5 Å². The predicted molar refractivity (Wildman–Crippen MR) is 39.5 cm³/mol. The van der Waals surface area contributed by atoms with Gasteiger partial charge in [0.25, 0.3) is 0 Å². The van der Waals surface area contributed by atoms with E-state index in [0.717, 1.165) is 7.11 Å². The summed E-state index contributed by atoms with van der Waals surface area (Å²) in [4.78, 5) is 21.1. The van der Waals surface area contributed by atoms with Gasteiger partial charge in [-0.3, -0.25) is 4.79 Å². The van der Waals surface area contributed by atoms with Crippen molar-refractivity contribution >= 4 is 11.9 Å². The highest BCUT2D eigenvalue weighted by atomic mass is 16.5. The number of methoxy groups -OCH3 is 1. The van der Waals surface area contributed by atoms with Crippen molar-refractivity contribution in [2.45, 2.75) is 25.4 Å². The zero-order chi connectivity index (χ0) is 9.78. The first kappa shape index (κ1) is 10.9. The van der Waals surface area contributed by atoms with Crippen molar-refractivity contribution in [1.82, 2.24) is 0 Å². The second-order valence-corrected chi connectivity index (χ2v) is 2.44. The quantitative estimate of drug-likeness (QED) is 0.578. The molecule has 1 unspecified atom stereocenters. The van der Waals surface area contributed by atoms with Gasteiger partial charge in [-0.2, -0.15) is 0 Å². The molecule has 0 aliphatic carbocycles. The lowest BCUT2D eigenvalue weighted by Crippen LogP contribution is -2.40. The lowest BCUT2D eigenvalue weighted by molar-refractivity contribution is -0.166. The number of hydrogen-bond donors (Lipinski definition) is 2. The topological polar surface area (TPSA) is 83.8 Å². The fourth-order valence-electron chi connectivity index (χ4n) is 0.663. The molecule has 0 aliphatic heterocycles. The molecule has 0 fully saturated rings. The third-order valence-electron chi connectivity index (χ3n) is 1.65. The molecule has 0 aliphatic rings. The van der Waals surface area contributed by atoms with E-state index in [2.05, 4.69) is 4.74 Å². The molecular formula is C7H12O5. The third kappa shape index (κ3) is 2.50. The molecule has 0 bridgehead atoms. The van der Waals surface area contributed by atoms with Crippen molar-refractivity contribution in [3.05, 3.63) is 0 Å². The second-order valence-electron chi connectivity index (χ2n) is 2.44. The average Bonchev–Trinajstić information content (AvgIpc) is 2.03. The summed E-state index contributed by atoms with van der Waals surface area (Å²) in [6.07, 6.45) is -0.549. The summed E-state index contributed by atoms with van der Waals surface area (Å²) in [6, 6.07) is 0. The Morgan fingerprint density at radius 2 is 2.00 bits per heavy atom. The van der Waals surface area contributed by atoms with Gasteiger partial charge in [0.2, 0.25) is 0 Å². The molecule has 5 heteroatoms. The first-order valence-corrected chi connectivity index (χ1v) is 3.49. The number of hydrogen-bond acceptors (Lipinski definition) is 4. The Labute approximate surface area is 70.0 Å². The van der Waals surface area contributed by atoms with Crippen LogP contribution in [0.1, 0.15) is 19.8 Å². The molecule has 70 valence electrons. The molecule has 0 saturated heterocycles. The van der Waals surface area contributed by atoms with Crippen LogP contribution in [0.4, 0.5) is 0 Å². The Bertz CT molecular complexity index is 188. The van der Waals surface area contributed by atoms with Crippen molar-refractivity contribution in [3.8, 4) is 0 Å². The van der Waals surface area contributed by atoms with Crippen LogP contribution in [0, 0.1) is 0 Å². The van der Waals surface area contributed by atoms with E-state index in [0.29, 0.717) is 0 Å². The van der Waals surface area contributed by atoms with E-state index in [4.69, 9.17) is 5.11 Å². The highest BCUT2D eigenvalue weighted by Crippen LogP contribution is 2.15. The van der Waals surface area contributed by atoms with Gasteiger partial charge in [0.1, 0.15) is 0 Å². The van der Waals surface area contributed by atoms with Crippen LogP contribution >= 0.6 is 0 Å². The summed E-state index contributed by atoms with van der Waals surface area (Å²) < 4.78 is 4.24. The standard InChI is InChI=1S/C7H12O5/c1-3-7(11,6(9)10)4-5(8)12-2/h11H,3-4H2,1-2H3,(H,9,10). The number of ether oxygens (including phenoxy) is 1. The van der Waals surface area contributed by atoms with Crippen molar-refractivity contribution in [2.75, 3.05) is 7.11 Å². The van der Waals surface area contributed by atoms with Gasteiger partial charge in [-0.1, -0.05) is 6.92 Å². The van der Waals surface area contributed by atoms with Crippen molar-refractivity contribution in [1.29, 1.82) is 0 Å². The molecule has 0 aromatic carbocycles. The summed E-state index contributed by atoms with van der Waals surface area (Å²) in [7, 11) is 1.14. The van der Waals surface area contributed by atoms with Crippen LogP contribution in [-0.4, -0.2) is 34.9 Å². The lowest BCUT2D eigenvalue weighted by atomic mass is 9.97. The van der Waals surface area contributed by atoms with Crippen LogP contribution in [-0.2, 0) is 14.3 Å². The number of aliphatic hydroxyl groups is 1. The summed E-state index contributed by atoms with van der Waals surface area (Å²) >= 11 is 0. The van der Waals surface area contributed by atoms with Crippen molar-refractivity contribution in [2.24, 2.45) is 0 Å². The molecule has 2 N–H and O–H groups in total. The Kier molecular flexibility index (Phi) is 3.69. The van der Waals surface area contributed by atoms with Gasteiger partial charge in [0.05, 0.1) is 13.5 Å². The van der Waals surface area contributed by atoms with Crippen LogP contribution in [0.2, 0.25) is 0 Å². The molecule has 1 atom stereocenters. The van der Waals surface area contributed by atoms with Crippen molar-refractivity contribution in [3.63, 3.8) is 0 Å². The summed E-state index contributed by atoms with van der Waals surface area (Å²) in [5.74, 6) is -2.14. The third-order valence-corrected chi connectivity index (χ3v) is 1.65. The molecule has 0 aromatic heterocycles. The SMILES string of the molecule is CCC(O)(CC(=O)OC)C(=O)O. The van der Waals surface area contributed by atoms with E-state index >= 15 is 0 Å². The number of rotatable bonds is 4. The van der Waals surface area contributed by atoms with Gasteiger partial charge in [-0.05, 0) is 6.42 Å². The van der Waals surface area contributed by atoms with E-state index in [1.165, 1.54) is 6.92 Å². The average molecular weight is 176 g/mol. The van der Waals surface area contributed by atoms with Gasteiger partial charge < -0.3 is 14.9 Å². The van der Waals surface area contributed by atoms with Gasteiger partial charge in [-0.15, -0.1) is 0 Å². The first-order valence-electron chi connectivity index (χ1n) is 3.49. The van der Waals surface area contributed by atoms with Gasteiger partial charge >= 0.3 is 11.9 Å². The molecule has 0 heterocycles. The molecule has 0 spiro atoms. The number of esters is 1. The van der Waals surface area contributed by atoms with Gasteiger partial charge in [0, 0.05) is 0 Å². The molecule has 0 saturated carbocycles. The van der Waals surface area contributed by atoms with Crippen LogP contribution in [0.3, 0.4) is 0 Å². The van der Waals surface area contributed by atoms with Crippen LogP contribution in [0.5, 0.6) is 0 Å². The monoisotopic (exact) mass is 176 g/mol. The summed E-state index contributed by atoms with van der Waals surface area (Å²) in [5, 5.41) is 17.8. The fraction of sp³-hybridized carbons (Fsp3) is 0.714. The minimum absolute atomic E-state index is 0.0303. The maximum atomic E-state index is 10.6. The van der Waals surface area contributed by atoms with E-state index in [-0.39, 0.29) is 6.42 Å². The minimum Gasteiger partial charge on any atom is -0.479 e. The molecule has 0 aromatic rings. The second kappa shape index (κ2) is 4.06. The molecular weight excluding hydrogens is 164 g/mol. The zero-order valence-corrected chi connectivity index (χ0v) is 7.03. The maximum absolute atomic E-state index is 10.6. The highest BCUT2D eigenvalue weighted by molar-refractivity contribution is 5.84. The molecule has 12 heavy (non-hydrogen) atoms. The smallest absolute Gasteiger partial charge is 0.336 e. The van der Waals surface area contributed by atoms with E-state index in [9.17, 15) is 14.7 Å².